The maximum atomic E-state index is 4.72. The number of aromatic nitrogens is 2. The van der Waals surface area contributed by atoms with Gasteiger partial charge in [-0.05, 0) is 47.3 Å². The highest BCUT2D eigenvalue weighted by Gasteiger charge is 2.10. The normalized spacial score (nSPS) is 11.2. The lowest BCUT2D eigenvalue weighted by Gasteiger charge is -2.03. The first-order valence-electron chi connectivity index (χ1n) is 5.83. The zero-order chi connectivity index (χ0) is 11.7. The summed E-state index contributed by atoms with van der Waals surface area (Å²) in [5.74, 6) is 0. The average molecular weight is 281 g/mol. The molecule has 0 aromatic carbocycles. The quantitative estimate of drug-likeness (QED) is 0.833. The number of hydrogen-bond donors (Lipinski definition) is 0. The Bertz CT molecular complexity index is 514. The Kier molecular flexibility index (Phi) is 3.33. The van der Waals surface area contributed by atoms with Crippen molar-refractivity contribution in [2.45, 2.75) is 40.0 Å². The van der Waals surface area contributed by atoms with Gasteiger partial charge in [-0.1, -0.05) is 20.3 Å². The van der Waals surface area contributed by atoms with Gasteiger partial charge in [0.05, 0.1) is 5.69 Å². The van der Waals surface area contributed by atoms with Crippen LogP contribution in [0.4, 0.5) is 0 Å². The Labute approximate surface area is 105 Å². The molecule has 2 aromatic heterocycles. The van der Waals surface area contributed by atoms with Gasteiger partial charge in [0, 0.05) is 16.4 Å². The molecule has 0 spiro atoms. The average Bonchev–Trinajstić information content (AvgIpc) is 2.56. The molecule has 0 amide bonds. The smallest absolute Gasteiger partial charge is 0.137 e. The number of imidazole rings is 1. The highest BCUT2D eigenvalue weighted by Crippen LogP contribution is 2.21. The van der Waals surface area contributed by atoms with Gasteiger partial charge in [-0.3, -0.25) is 0 Å². The third-order valence-corrected chi connectivity index (χ3v) is 3.74. The highest BCUT2D eigenvalue weighted by atomic mass is 79.9. The first kappa shape index (κ1) is 11.6. The maximum absolute atomic E-state index is 4.72. The van der Waals surface area contributed by atoms with Crippen molar-refractivity contribution in [2.24, 2.45) is 0 Å². The molecule has 0 aliphatic carbocycles. The molecule has 0 atom stereocenters. The lowest BCUT2D eigenvalue weighted by atomic mass is 10.2. The molecular formula is C13H17BrN2. The molecule has 3 heteroatoms. The van der Waals surface area contributed by atoms with E-state index in [9.17, 15) is 0 Å². The van der Waals surface area contributed by atoms with E-state index in [0.717, 1.165) is 29.4 Å². The molecular weight excluding hydrogens is 264 g/mol. The van der Waals surface area contributed by atoms with Crippen molar-refractivity contribution in [2.75, 3.05) is 0 Å². The van der Waals surface area contributed by atoms with E-state index in [0.29, 0.717) is 0 Å². The largest absolute Gasteiger partial charge is 0.303 e. The van der Waals surface area contributed by atoms with Crippen LogP contribution in [-0.2, 0) is 12.8 Å². The van der Waals surface area contributed by atoms with Gasteiger partial charge in [-0.15, -0.1) is 0 Å². The number of halogens is 1. The fourth-order valence-electron chi connectivity index (χ4n) is 2.07. The van der Waals surface area contributed by atoms with Crippen LogP contribution in [0.25, 0.3) is 5.65 Å². The van der Waals surface area contributed by atoms with Crippen LogP contribution in [0.1, 0.15) is 37.2 Å². The Morgan fingerprint density at radius 2 is 2.12 bits per heavy atom. The topological polar surface area (TPSA) is 17.3 Å². The van der Waals surface area contributed by atoms with Crippen molar-refractivity contribution in [1.82, 2.24) is 9.38 Å². The minimum absolute atomic E-state index is 1.03. The van der Waals surface area contributed by atoms with Crippen molar-refractivity contribution < 1.29 is 0 Å². The molecule has 2 nitrogen and oxygen atoms in total. The van der Waals surface area contributed by atoms with Crippen molar-refractivity contribution in [3.05, 3.63) is 33.7 Å². The van der Waals surface area contributed by atoms with E-state index in [1.54, 1.807) is 0 Å². The van der Waals surface area contributed by atoms with Crippen LogP contribution in [0, 0.1) is 6.92 Å². The lowest BCUT2D eigenvalue weighted by Crippen LogP contribution is -1.95. The van der Waals surface area contributed by atoms with E-state index in [2.05, 4.69) is 53.4 Å². The zero-order valence-electron chi connectivity index (χ0n) is 10.0. The molecule has 2 aromatic rings. The monoisotopic (exact) mass is 280 g/mol. The van der Waals surface area contributed by atoms with E-state index in [1.165, 1.54) is 17.0 Å². The van der Waals surface area contributed by atoms with Crippen LogP contribution in [0.5, 0.6) is 0 Å². The molecule has 0 saturated carbocycles. The number of pyridine rings is 1. The van der Waals surface area contributed by atoms with Crippen molar-refractivity contribution in [1.29, 1.82) is 0 Å². The SMILES string of the molecule is CCCc1nc2cc(C)c(Br)cn2c1CC. The Morgan fingerprint density at radius 1 is 1.38 bits per heavy atom. The third-order valence-electron chi connectivity index (χ3n) is 2.91. The van der Waals surface area contributed by atoms with Crippen molar-refractivity contribution in [3.63, 3.8) is 0 Å². The number of aryl methyl sites for hydroxylation is 3. The summed E-state index contributed by atoms with van der Waals surface area (Å²) in [6, 6.07) is 2.14. The molecule has 0 bridgehead atoms. The summed E-state index contributed by atoms with van der Waals surface area (Å²) in [6.07, 6.45) is 5.39. The van der Waals surface area contributed by atoms with Gasteiger partial charge >= 0.3 is 0 Å². The fraction of sp³-hybridized carbons (Fsp3) is 0.462. The van der Waals surface area contributed by atoms with Crippen LogP contribution >= 0.6 is 15.9 Å². The number of fused-ring (bicyclic) bond motifs is 1. The van der Waals surface area contributed by atoms with Gasteiger partial charge in [0.1, 0.15) is 5.65 Å². The predicted octanol–water partition coefficient (Wildman–Crippen LogP) is 3.92. The molecule has 86 valence electrons. The van der Waals surface area contributed by atoms with E-state index < -0.39 is 0 Å². The van der Waals surface area contributed by atoms with Crippen molar-refractivity contribution in [3.8, 4) is 0 Å². The predicted molar refractivity (Wildman–Crippen MR) is 71.0 cm³/mol. The second-order valence-electron chi connectivity index (χ2n) is 4.14. The molecule has 0 aliphatic heterocycles. The van der Waals surface area contributed by atoms with E-state index in [-0.39, 0.29) is 0 Å². The second-order valence-corrected chi connectivity index (χ2v) is 5.00. The summed E-state index contributed by atoms with van der Waals surface area (Å²) in [7, 11) is 0. The van der Waals surface area contributed by atoms with Crippen molar-refractivity contribution >= 4 is 21.6 Å². The fourth-order valence-corrected chi connectivity index (χ4v) is 2.39. The van der Waals surface area contributed by atoms with Gasteiger partial charge in [-0.25, -0.2) is 4.98 Å². The first-order chi connectivity index (χ1) is 7.67. The lowest BCUT2D eigenvalue weighted by molar-refractivity contribution is 0.859. The minimum Gasteiger partial charge on any atom is -0.303 e. The Morgan fingerprint density at radius 3 is 2.75 bits per heavy atom. The van der Waals surface area contributed by atoms with Gasteiger partial charge in [0.2, 0.25) is 0 Å². The van der Waals surface area contributed by atoms with E-state index in [1.807, 2.05) is 0 Å². The number of rotatable bonds is 3. The number of hydrogen-bond acceptors (Lipinski definition) is 1. The number of nitrogens with zero attached hydrogens (tertiary/aromatic N) is 2. The van der Waals surface area contributed by atoms with Gasteiger partial charge in [-0.2, -0.15) is 0 Å². The maximum Gasteiger partial charge on any atom is 0.137 e. The first-order valence-corrected chi connectivity index (χ1v) is 6.62. The summed E-state index contributed by atoms with van der Waals surface area (Å²) in [5.41, 5.74) is 4.91. The molecule has 0 saturated heterocycles. The minimum atomic E-state index is 1.03. The summed E-state index contributed by atoms with van der Waals surface area (Å²) < 4.78 is 3.36. The molecule has 0 N–H and O–H groups in total. The van der Waals surface area contributed by atoms with Crippen LogP contribution < -0.4 is 0 Å². The Hall–Kier alpha value is -0.830. The third kappa shape index (κ3) is 1.88. The molecule has 2 rings (SSSR count). The van der Waals surface area contributed by atoms with E-state index in [4.69, 9.17) is 4.98 Å². The standard InChI is InChI=1S/C13H17BrN2/c1-4-6-11-12(5-2)16-8-10(14)9(3)7-13(16)15-11/h7-8H,4-6H2,1-3H3. The zero-order valence-corrected chi connectivity index (χ0v) is 11.6. The molecule has 16 heavy (non-hydrogen) atoms. The van der Waals surface area contributed by atoms with Gasteiger partial charge < -0.3 is 4.40 Å². The summed E-state index contributed by atoms with van der Waals surface area (Å²) in [6.45, 7) is 6.49. The van der Waals surface area contributed by atoms with Crippen LogP contribution in [0.3, 0.4) is 0 Å². The molecule has 0 aliphatic rings. The second kappa shape index (κ2) is 4.58. The molecule has 2 heterocycles. The van der Waals surface area contributed by atoms with Crippen LogP contribution in [0.15, 0.2) is 16.7 Å². The van der Waals surface area contributed by atoms with Crippen LogP contribution in [-0.4, -0.2) is 9.38 Å². The molecule has 0 radical (unpaired) electrons. The summed E-state index contributed by atoms with van der Waals surface area (Å²) in [4.78, 5) is 4.72. The Balaban J connectivity index is 2.67. The summed E-state index contributed by atoms with van der Waals surface area (Å²) >= 11 is 3.58. The molecule has 0 unspecified atom stereocenters. The van der Waals surface area contributed by atoms with Gasteiger partial charge in [0.15, 0.2) is 0 Å². The van der Waals surface area contributed by atoms with Gasteiger partial charge in [0.25, 0.3) is 0 Å². The van der Waals surface area contributed by atoms with Crippen LogP contribution in [0.2, 0.25) is 0 Å². The molecule has 0 fully saturated rings. The highest BCUT2D eigenvalue weighted by molar-refractivity contribution is 9.10. The van der Waals surface area contributed by atoms with E-state index >= 15 is 0 Å². The summed E-state index contributed by atoms with van der Waals surface area (Å²) in [5, 5.41) is 0.